The van der Waals surface area contributed by atoms with E-state index in [1.54, 1.807) is 24.3 Å². The van der Waals surface area contributed by atoms with E-state index in [0.717, 1.165) is 25.3 Å². The number of benzene rings is 3. The normalized spacial score (nSPS) is 22.5. The molecule has 0 aliphatic carbocycles. The van der Waals surface area contributed by atoms with Crippen molar-refractivity contribution in [2.75, 3.05) is 47.1 Å². The number of methoxy groups -OCH3 is 2. The van der Waals surface area contributed by atoms with Gasteiger partial charge in [0.05, 0.1) is 40.5 Å². The van der Waals surface area contributed by atoms with Crippen LogP contribution in [0.1, 0.15) is 62.1 Å². The third kappa shape index (κ3) is 12.0. The number of rotatable bonds is 19. The van der Waals surface area contributed by atoms with Gasteiger partial charge in [-0.2, -0.15) is 0 Å². The van der Waals surface area contributed by atoms with E-state index in [9.17, 15) is 43.8 Å². The van der Waals surface area contributed by atoms with Crippen molar-refractivity contribution in [3.8, 4) is 11.5 Å². The van der Waals surface area contributed by atoms with Gasteiger partial charge in [0.2, 0.25) is 11.8 Å². The van der Waals surface area contributed by atoms with Gasteiger partial charge in [0.15, 0.2) is 24.7 Å². The molecule has 7 atom stereocenters. The van der Waals surface area contributed by atoms with Crippen LogP contribution in [0, 0.1) is 6.92 Å². The fourth-order valence-corrected chi connectivity index (χ4v) is 8.47. The Morgan fingerprint density at radius 1 is 0.855 bits per heavy atom. The Labute approximate surface area is 396 Å². The second kappa shape index (κ2) is 22.5. The van der Waals surface area contributed by atoms with E-state index in [1.807, 2.05) is 54.6 Å². The smallest absolute Gasteiger partial charge is 0.330 e. The summed E-state index contributed by atoms with van der Waals surface area (Å²) in [7, 11) is 3.08. The molecule has 1 aromatic heterocycles. The van der Waals surface area contributed by atoms with E-state index >= 15 is 0 Å². The van der Waals surface area contributed by atoms with Crippen molar-refractivity contribution in [3.63, 3.8) is 0 Å². The first-order chi connectivity index (χ1) is 32.9. The number of amides is 2. The summed E-state index contributed by atoms with van der Waals surface area (Å²) in [6.07, 6.45) is -6.54. The number of aromatic nitrogens is 2. The van der Waals surface area contributed by atoms with Gasteiger partial charge < -0.3 is 58.3 Å². The molecule has 6 rings (SSSR count). The van der Waals surface area contributed by atoms with Gasteiger partial charge in [-0.3, -0.25) is 38.3 Å². The highest BCUT2D eigenvalue weighted by molar-refractivity contribution is 5.78. The number of aliphatic hydroxyl groups excluding tert-OH is 1. The van der Waals surface area contributed by atoms with E-state index in [-0.39, 0.29) is 25.1 Å². The van der Waals surface area contributed by atoms with E-state index < -0.39 is 115 Å². The Morgan fingerprint density at radius 3 is 1.97 bits per heavy atom. The molecule has 3 aromatic carbocycles. The van der Waals surface area contributed by atoms with Crippen LogP contribution >= 0.6 is 0 Å². The third-order valence-corrected chi connectivity index (χ3v) is 11.7. The molecule has 0 unspecified atom stereocenters. The number of esters is 2. The molecule has 2 saturated heterocycles. The molecule has 2 aliphatic rings. The number of ether oxygens (including phenoxy) is 8. The average molecular weight is 961 g/mol. The molecule has 21 nitrogen and oxygen atoms in total. The van der Waals surface area contributed by atoms with Crippen molar-refractivity contribution in [1.82, 2.24) is 19.8 Å². The van der Waals surface area contributed by atoms with Crippen LogP contribution in [0.4, 0.5) is 0 Å². The molecular weight excluding hydrogens is 905 g/mol. The molecule has 0 radical (unpaired) electrons. The minimum absolute atomic E-state index is 0.142. The van der Waals surface area contributed by atoms with Crippen molar-refractivity contribution in [3.05, 3.63) is 128 Å². The van der Waals surface area contributed by atoms with Crippen molar-refractivity contribution in [1.29, 1.82) is 0 Å². The predicted molar refractivity (Wildman–Crippen MR) is 241 cm³/mol. The van der Waals surface area contributed by atoms with Crippen LogP contribution in [0.25, 0.3) is 0 Å². The van der Waals surface area contributed by atoms with E-state index in [4.69, 9.17) is 37.9 Å². The zero-order valence-electron chi connectivity index (χ0n) is 38.9. The lowest BCUT2D eigenvalue weighted by atomic mass is 9.79. The van der Waals surface area contributed by atoms with Crippen LogP contribution in [0.15, 0.2) is 94.6 Å². The number of morpholine rings is 1. The minimum atomic E-state index is -1.80. The molecule has 4 N–H and O–H groups in total. The molecule has 4 aromatic rings. The highest BCUT2D eigenvalue weighted by Crippen LogP contribution is 2.43. The maximum absolute atomic E-state index is 14.6. The van der Waals surface area contributed by atoms with Crippen LogP contribution in [-0.2, 0) is 58.0 Å². The second-order valence-corrected chi connectivity index (χ2v) is 16.6. The first-order valence-corrected chi connectivity index (χ1v) is 21.9. The van der Waals surface area contributed by atoms with E-state index in [2.05, 4.69) is 10.3 Å². The van der Waals surface area contributed by atoms with E-state index in [0.29, 0.717) is 28.2 Å². The number of aliphatic carboxylic acids is 1. The Bertz CT molecular complexity index is 2520. The largest absolute Gasteiger partial charge is 0.497 e. The highest BCUT2D eigenvalue weighted by atomic mass is 16.7. The number of hydrogen-bond donors (Lipinski definition) is 4. The van der Waals surface area contributed by atoms with Crippen molar-refractivity contribution in [2.24, 2.45) is 0 Å². The van der Waals surface area contributed by atoms with Crippen molar-refractivity contribution < 1.29 is 72.1 Å². The first-order valence-electron chi connectivity index (χ1n) is 21.9. The molecule has 2 fully saturated rings. The van der Waals surface area contributed by atoms with Crippen LogP contribution in [0.3, 0.4) is 0 Å². The number of nitrogens with one attached hydrogen (secondary N) is 2. The van der Waals surface area contributed by atoms with Crippen molar-refractivity contribution >= 4 is 29.7 Å². The van der Waals surface area contributed by atoms with Gasteiger partial charge in [0.1, 0.15) is 41.5 Å². The molecule has 370 valence electrons. The van der Waals surface area contributed by atoms with Crippen LogP contribution < -0.4 is 26.0 Å². The van der Waals surface area contributed by atoms with Gasteiger partial charge in [0, 0.05) is 39.0 Å². The zero-order valence-corrected chi connectivity index (χ0v) is 38.9. The number of carboxylic acids is 1. The Hall–Kier alpha value is -6.91. The Kier molecular flexibility index (Phi) is 16.8. The summed E-state index contributed by atoms with van der Waals surface area (Å²) in [5, 5.41) is 23.5. The molecule has 0 spiro atoms. The number of carbonyl (C=O) groups excluding carboxylic acids is 4. The number of aliphatic hydroxyl groups is 1. The summed E-state index contributed by atoms with van der Waals surface area (Å²) in [5.74, 6) is -3.14. The maximum Gasteiger partial charge on any atom is 0.330 e. The number of hydrogen-bond acceptors (Lipinski definition) is 16. The molecule has 2 aliphatic heterocycles. The summed E-state index contributed by atoms with van der Waals surface area (Å²) >= 11 is 0. The second-order valence-electron chi connectivity index (χ2n) is 16.6. The molecule has 0 bridgehead atoms. The van der Waals surface area contributed by atoms with Gasteiger partial charge in [-0.25, -0.2) is 4.79 Å². The number of nitrogens with zero attached hydrogens (tertiary/aromatic N) is 2. The van der Waals surface area contributed by atoms with Crippen LogP contribution in [-0.4, -0.2) is 138 Å². The summed E-state index contributed by atoms with van der Waals surface area (Å²) in [6, 6.07) is 22.3. The Morgan fingerprint density at radius 2 is 1.43 bits per heavy atom. The Balaban J connectivity index is 1.40. The number of carbonyl (C=O) groups is 5. The minimum Gasteiger partial charge on any atom is -0.497 e. The quantitative estimate of drug-likeness (QED) is 0.0772. The number of carboxylic acid groups (broad SMARTS) is 1. The SMILES string of the molecule is COc1ccc(C(OC[C@]2(CO)CN(C(=O)CO[C@@H]3O[C@H](CCC(=O)O)[C@@H](OC(C)=O)[C@H](OC(C)=O)[C@H]3NC(C)=O)C[C@H](n3cc(C)c(=O)[nH]c3=O)O2)(c2ccccc2)c2ccc(OC)cc2)cc1. The van der Waals surface area contributed by atoms with Gasteiger partial charge in [-0.05, 0) is 54.3 Å². The van der Waals surface area contributed by atoms with Gasteiger partial charge in [-0.15, -0.1) is 0 Å². The molecule has 0 saturated carbocycles. The number of H-pyrrole nitrogens is 1. The lowest BCUT2D eigenvalue weighted by Crippen LogP contribution is -2.66. The summed E-state index contributed by atoms with van der Waals surface area (Å²) in [5.41, 5.74) is -2.67. The molecule has 21 heteroatoms. The lowest BCUT2D eigenvalue weighted by molar-refractivity contribution is -0.273. The lowest BCUT2D eigenvalue weighted by Gasteiger charge is -2.47. The topological polar surface area (TPSA) is 270 Å². The van der Waals surface area contributed by atoms with Crippen molar-refractivity contribution in [2.45, 2.75) is 88.6 Å². The van der Waals surface area contributed by atoms with E-state index in [1.165, 1.54) is 32.2 Å². The maximum atomic E-state index is 14.6. The first kappa shape index (κ1) is 51.5. The third-order valence-electron chi connectivity index (χ3n) is 11.7. The molecule has 2 amide bonds. The summed E-state index contributed by atoms with van der Waals surface area (Å²) < 4.78 is 49.0. The summed E-state index contributed by atoms with van der Waals surface area (Å²) in [4.78, 5) is 93.0. The van der Waals surface area contributed by atoms with Crippen LogP contribution in [0.5, 0.6) is 11.5 Å². The fraction of sp³-hybridized carbons (Fsp3) is 0.438. The monoisotopic (exact) mass is 960 g/mol. The average Bonchev–Trinajstić information content (AvgIpc) is 3.33. The molecule has 3 heterocycles. The fourth-order valence-electron chi connectivity index (χ4n) is 8.47. The van der Waals surface area contributed by atoms with Gasteiger partial charge in [0.25, 0.3) is 5.56 Å². The highest BCUT2D eigenvalue weighted by Gasteiger charge is 2.52. The number of aryl methyl sites for hydroxylation is 1. The predicted octanol–water partition coefficient (Wildman–Crippen LogP) is 1.93. The summed E-state index contributed by atoms with van der Waals surface area (Å²) in [6.45, 7) is 2.09. The molecular formula is C48H56N4O17. The number of aromatic amines is 1. The van der Waals surface area contributed by atoms with Gasteiger partial charge in [-0.1, -0.05) is 54.6 Å². The standard InChI is InChI=1S/C48H56N4O17/c1-28-22-52(46(61)50-44(28)60)39-23-51(38(57)24-64-45-41(49-29(2)54)43(67-31(4)56)42(66-30(3)55)37(68-45)20-21-40(58)59)25-47(26-53,69-39)27-65-48(32-10-8-7-9-11-32,33-12-16-35(62-5)17-13-33)34-14-18-36(63-6)19-15-34/h7-19,22,37,39,41-43,45,53H,20-21,23-27H2,1-6H3,(H,49,54)(H,58,59)(H,50,60,61)/t37-,39-,41-,42-,43-,45-,47-/m1/s1. The molecule has 69 heavy (non-hydrogen) atoms. The van der Waals surface area contributed by atoms with Crippen LogP contribution in [0.2, 0.25) is 0 Å². The van der Waals surface area contributed by atoms with Gasteiger partial charge >= 0.3 is 23.6 Å². The zero-order chi connectivity index (χ0) is 50.0.